The van der Waals surface area contributed by atoms with Crippen LogP contribution >= 0.6 is 7.67 Å². The van der Waals surface area contributed by atoms with Crippen LogP contribution in [-0.2, 0) is 19.1 Å². The number of hydrogen-bond acceptors (Lipinski definition) is 4. The monoisotopic (exact) mass is 326 g/mol. The molecule has 21 heavy (non-hydrogen) atoms. The quantitative estimate of drug-likeness (QED) is 0.797. The standard InChI is InChI=1S/C13H15N2O4PS/c1-19-20(16,14-12-8-4-2-5-9-12)15-21(17,18)13-10-6-3-7-11-13/h2-11H,1H3,(H2,14,15,16). The molecule has 0 saturated carbocycles. The van der Waals surface area contributed by atoms with Crippen molar-refractivity contribution >= 4 is 23.4 Å². The van der Waals surface area contributed by atoms with Gasteiger partial charge in [-0.15, -0.1) is 4.49 Å². The molecule has 0 aromatic heterocycles. The van der Waals surface area contributed by atoms with Crippen molar-refractivity contribution in [2.45, 2.75) is 4.90 Å². The fraction of sp³-hybridized carbons (Fsp3) is 0.0769. The molecule has 2 N–H and O–H groups in total. The van der Waals surface area contributed by atoms with E-state index < -0.39 is 17.7 Å². The summed E-state index contributed by atoms with van der Waals surface area (Å²) >= 11 is 0. The number of rotatable bonds is 6. The molecule has 0 aliphatic heterocycles. The van der Waals surface area contributed by atoms with Crippen LogP contribution in [0.3, 0.4) is 0 Å². The van der Waals surface area contributed by atoms with Gasteiger partial charge < -0.3 is 9.61 Å². The molecular weight excluding hydrogens is 311 g/mol. The fourth-order valence-electron chi connectivity index (χ4n) is 1.60. The van der Waals surface area contributed by atoms with Gasteiger partial charge in [-0.05, 0) is 24.3 Å². The van der Waals surface area contributed by atoms with E-state index in [4.69, 9.17) is 4.52 Å². The van der Waals surface area contributed by atoms with Gasteiger partial charge in [0.1, 0.15) is 0 Å². The zero-order chi connectivity index (χ0) is 15.3. The zero-order valence-corrected chi connectivity index (χ0v) is 13.0. The van der Waals surface area contributed by atoms with Gasteiger partial charge in [0.25, 0.3) is 0 Å². The van der Waals surface area contributed by atoms with E-state index in [1.54, 1.807) is 48.5 Å². The van der Waals surface area contributed by atoms with E-state index in [0.29, 0.717) is 5.69 Å². The molecule has 2 aromatic rings. The Hall–Kier alpha value is -1.66. The smallest absolute Gasteiger partial charge is 0.305 e. The third kappa shape index (κ3) is 4.15. The van der Waals surface area contributed by atoms with Crippen molar-refractivity contribution in [2.24, 2.45) is 0 Å². The Bertz CT molecular complexity index is 735. The van der Waals surface area contributed by atoms with Crippen LogP contribution in [0, 0.1) is 0 Å². The summed E-state index contributed by atoms with van der Waals surface area (Å²) in [6, 6.07) is 16.2. The lowest BCUT2D eigenvalue weighted by Gasteiger charge is -2.19. The first-order valence-electron chi connectivity index (χ1n) is 6.03. The minimum atomic E-state index is -3.95. The van der Waals surface area contributed by atoms with E-state index in [1.807, 2.05) is 0 Å². The summed E-state index contributed by atoms with van der Waals surface area (Å²) in [5, 5.41) is 2.57. The maximum absolute atomic E-state index is 12.5. The second-order valence-electron chi connectivity index (χ2n) is 4.12. The summed E-state index contributed by atoms with van der Waals surface area (Å²) in [5.74, 6) is 0. The number of para-hydroxylation sites is 1. The second kappa shape index (κ2) is 6.41. The predicted octanol–water partition coefficient (Wildman–Crippen LogP) is 2.83. The molecule has 0 radical (unpaired) electrons. The number of sulfonamides is 1. The van der Waals surface area contributed by atoms with E-state index in [0.717, 1.165) is 0 Å². The van der Waals surface area contributed by atoms with E-state index in [9.17, 15) is 13.0 Å². The number of anilines is 1. The molecule has 0 heterocycles. The molecule has 0 saturated heterocycles. The van der Waals surface area contributed by atoms with E-state index >= 15 is 0 Å². The predicted molar refractivity (Wildman–Crippen MR) is 81.4 cm³/mol. The summed E-state index contributed by atoms with van der Waals surface area (Å²) < 4.78 is 43.8. The van der Waals surface area contributed by atoms with Gasteiger partial charge >= 0.3 is 7.67 Å². The van der Waals surface area contributed by atoms with E-state index in [1.165, 1.54) is 19.2 Å². The molecule has 0 amide bonds. The lowest BCUT2D eigenvalue weighted by Crippen LogP contribution is -2.25. The van der Waals surface area contributed by atoms with Crippen molar-refractivity contribution in [1.82, 2.24) is 4.49 Å². The summed E-state index contributed by atoms with van der Waals surface area (Å²) in [6.45, 7) is 0. The molecule has 8 heteroatoms. The Morgan fingerprint density at radius 2 is 1.48 bits per heavy atom. The Balaban J connectivity index is 2.24. The average Bonchev–Trinajstić information content (AvgIpc) is 2.48. The zero-order valence-electron chi connectivity index (χ0n) is 11.3. The van der Waals surface area contributed by atoms with Gasteiger partial charge in [-0.1, -0.05) is 36.4 Å². The van der Waals surface area contributed by atoms with Gasteiger partial charge in [0.15, 0.2) is 0 Å². The molecule has 2 rings (SSSR count). The molecule has 1 atom stereocenters. The maximum atomic E-state index is 12.5. The highest BCUT2D eigenvalue weighted by Crippen LogP contribution is 2.43. The van der Waals surface area contributed by atoms with Gasteiger partial charge in [-0.2, -0.15) is 0 Å². The van der Waals surface area contributed by atoms with Crippen LogP contribution in [0.4, 0.5) is 5.69 Å². The first kappa shape index (κ1) is 15.7. The first-order valence-corrected chi connectivity index (χ1v) is 9.14. The van der Waals surface area contributed by atoms with Crippen LogP contribution in [-0.4, -0.2) is 15.5 Å². The summed E-state index contributed by atoms with van der Waals surface area (Å²) in [5.41, 5.74) is 0.485. The third-order valence-corrected chi connectivity index (χ3v) is 6.48. The summed E-state index contributed by atoms with van der Waals surface area (Å²) in [7, 11) is -6.58. The molecule has 0 bridgehead atoms. The van der Waals surface area contributed by atoms with Crippen molar-refractivity contribution in [3.63, 3.8) is 0 Å². The molecule has 0 fully saturated rings. The molecule has 2 aromatic carbocycles. The lowest BCUT2D eigenvalue weighted by atomic mass is 10.3. The first-order chi connectivity index (χ1) is 9.95. The topological polar surface area (TPSA) is 84.5 Å². The molecule has 1 unspecified atom stereocenters. The summed E-state index contributed by atoms with van der Waals surface area (Å²) in [4.78, 5) is 0.0112. The van der Waals surface area contributed by atoms with Gasteiger partial charge in [0.2, 0.25) is 10.0 Å². The number of hydrogen-bond donors (Lipinski definition) is 2. The highest BCUT2D eigenvalue weighted by atomic mass is 32.2. The van der Waals surface area contributed by atoms with Crippen molar-refractivity contribution < 1.29 is 17.5 Å². The maximum Gasteiger partial charge on any atom is 0.379 e. The SMILES string of the molecule is COP(=O)(Nc1ccccc1)NS(=O)(=O)c1ccccc1. The fourth-order valence-corrected chi connectivity index (χ4v) is 4.86. The normalized spacial score (nSPS) is 14.3. The molecule has 0 aliphatic rings. The Morgan fingerprint density at radius 3 is 2.00 bits per heavy atom. The minimum Gasteiger partial charge on any atom is -0.305 e. The van der Waals surface area contributed by atoms with Crippen molar-refractivity contribution in [1.29, 1.82) is 0 Å². The van der Waals surface area contributed by atoms with Gasteiger partial charge in [0, 0.05) is 12.8 Å². The van der Waals surface area contributed by atoms with E-state index in [-0.39, 0.29) is 4.90 Å². The highest BCUT2D eigenvalue weighted by Gasteiger charge is 2.29. The van der Waals surface area contributed by atoms with Gasteiger partial charge in [-0.3, -0.25) is 0 Å². The molecule has 6 nitrogen and oxygen atoms in total. The second-order valence-corrected chi connectivity index (χ2v) is 8.02. The van der Waals surface area contributed by atoms with Crippen LogP contribution in [0.1, 0.15) is 0 Å². The van der Waals surface area contributed by atoms with Crippen LogP contribution in [0.25, 0.3) is 0 Å². The molecular formula is C13H15N2O4PS. The highest BCUT2D eigenvalue weighted by molar-refractivity contribution is 7.95. The van der Waals surface area contributed by atoms with Crippen molar-refractivity contribution in [3.05, 3.63) is 60.7 Å². The average molecular weight is 326 g/mol. The largest absolute Gasteiger partial charge is 0.379 e. The van der Waals surface area contributed by atoms with E-state index in [2.05, 4.69) is 9.58 Å². The van der Waals surface area contributed by atoms with Crippen LogP contribution in [0.2, 0.25) is 0 Å². The van der Waals surface area contributed by atoms with Crippen molar-refractivity contribution in [3.8, 4) is 0 Å². The van der Waals surface area contributed by atoms with Crippen molar-refractivity contribution in [2.75, 3.05) is 12.2 Å². The molecule has 0 spiro atoms. The van der Waals surface area contributed by atoms with Gasteiger partial charge in [0.05, 0.1) is 4.90 Å². The lowest BCUT2D eigenvalue weighted by molar-refractivity contribution is 0.394. The molecule has 0 aliphatic carbocycles. The molecule has 112 valence electrons. The van der Waals surface area contributed by atoms with Crippen LogP contribution in [0.15, 0.2) is 65.6 Å². The Morgan fingerprint density at radius 1 is 0.952 bits per heavy atom. The number of benzene rings is 2. The van der Waals surface area contributed by atoms with Crippen LogP contribution < -0.4 is 9.58 Å². The number of nitrogens with one attached hydrogen (secondary N) is 2. The van der Waals surface area contributed by atoms with Gasteiger partial charge in [-0.25, -0.2) is 13.0 Å². The third-order valence-electron chi connectivity index (χ3n) is 2.60. The Labute approximate surface area is 123 Å². The van der Waals surface area contributed by atoms with Crippen LogP contribution in [0.5, 0.6) is 0 Å². The minimum absolute atomic E-state index is 0.0112. The summed E-state index contributed by atoms with van der Waals surface area (Å²) in [6.07, 6.45) is 0. The Kier molecular flexibility index (Phi) is 4.80.